The summed E-state index contributed by atoms with van der Waals surface area (Å²) in [6.45, 7) is 9.13. The molecular formula is C19H29NO4. The van der Waals surface area contributed by atoms with Crippen molar-refractivity contribution in [2.75, 3.05) is 13.2 Å². The van der Waals surface area contributed by atoms with Gasteiger partial charge in [-0.05, 0) is 51.3 Å². The Balaban J connectivity index is 1.87. The molecule has 0 aromatic heterocycles. The fraction of sp³-hybridized carbons (Fsp3) is 0.632. The molecular weight excluding hydrogens is 306 g/mol. The molecule has 0 saturated carbocycles. The SMILES string of the molecule is CCCCOc1ccc(C[C@H](NC(=O)OC(C)(C)C)[C@H]2CO2)cc1. The van der Waals surface area contributed by atoms with Gasteiger partial charge in [0.2, 0.25) is 0 Å². The lowest BCUT2D eigenvalue weighted by molar-refractivity contribution is 0.0495. The quantitative estimate of drug-likeness (QED) is 0.581. The van der Waals surface area contributed by atoms with E-state index in [4.69, 9.17) is 14.2 Å². The van der Waals surface area contributed by atoms with Crippen molar-refractivity contribution in [2.24, 2.45) is 0 Å². The molecule has 2 rings (SSSR count). The number of alkyl carbamates (subject to hydrolysis) is 1. The van der Waals surface area contributed by atoms with E-state index in [-0.39, 0.29) is 12.1 Å². The second kappa shape index (κ2) is 8.38. The fourth-order valence-corrected chi connectivity index (χ4v) is 2.33. The molecule has 1 fully saturated rings. The predicted octanol–water partition coefficient (Wildman–Crippen LogP) is 3.70. The molecule has 0 spiro atoms. The summed E-state index contributed by atoms with van der Waals surface area (Å²) in [6, 6.07) is 7.94. The minimum atomic E-state index is -0.503. The van der Waals surface area contributed by atoms with E-state index in [1.807, 2.05) is 45.0 Å². The summed E-state index contributed by atoms with van der Waals surface area (Å²) in [5, 5.41) is 2.92. The average molecular weight is 335 g/mol. The number of unbranched alkanes of at least 4 members (excludes halogenated alkanes) is 1. The highest BCUT2D eigenvalue weighted by atomic mass is 16.6. The topological polar surface area (TPSA) is 60.1 Å². The Morgan fingerprint density at radius 3 is 2.54 bits per heavy atom. The average Bonchev–Trinajstić information content (AvgIpc) is 3.31. The van der Waals surface area contributed by atoms with E-state index in [0.717, 1.165) is 30.8 Å². The van der Waals surface area contributed by atoms with Crippen LogP contribution in [-0.4, -0.2) is 37.1 Å². The first-order valence-corrected chi connectivity index (χ1v) is 8.70. The monoisotopic (exact) mass is 335 g/mol. The molecule has 5 nitrogen and oxygen atoms in total. The number of nitrogens with one attached hydrogen (secondary N) is 1. The zero-order chi connectivity index (χ0) is 17.6. The van der Waals surface area contributed by atoms with Crippen molar-refractivity contribution in [1.82, 2.24) is 5.32 Å². The van der Waals surface area contributed by atoms with E-state index < -0.39 is 11.7 Å². The van der Waals surface area contributed by atoms with E-state index in [2.05, 4.69) is 12.2 Å². The minimum Gasteiger partial charge on any atom is -0.494 e. The van der Waals surface area contributed by atoms with E-state index in [9.17, 15) is 4.79 Å². The molecule has 0 radical (unpaired) electrons. The number of carbonyl (C=O) groups is 1. The van der Waals surface area contributed by atoms with Gasteiger partial charge in [0, 0.05) is 0 Å². The summed E-state index contributed by atoms with van der Waals surface area (Å²) in [6.07, 6.45) is 2.56. The normalized spacial score (nSPS) is 17.9. The summed E-state index contributed by atoms with van der Waals surface area (Å²) < 4.78 is 16.4. The van der Waals surface area contributed by atoms with Crippen molar-refractivity contribution in [3.8, 4) is 5.75 Å². The number of hydrogen-bond acceptors (Lipinski definition) is 4. The Hall–Kier alpha value is -1.75. The van der Waals surface area contributed by atoms with E-state index in [0.29, 0.717) is 13.0 Å². The summed E-state index contributed by atoms with van der Waals surface area (Å²) in [7, 11) is 0. The molecule has 2 atom stereocenters. The number of rotatable bonds is 8. The largest absolute Gasteiger partial charge is 0.494 e. The number of hydrogen-bond donors (Lipinski definition) is 1. The first-order chi connectivity index (χ1) is 11.4. The highest BCUT2D eigenvalue weighted by Crippen LogP contribution is 2.20. The van der Waals surface area contributed by atoms with Gasteiger partial charge in [0.1, 0.15) is 17.5 Å². The van der Waals surface area contributed by atoms with Gasteiger partial charge in [-0.15, -0.1) is 0 Å². The van der Waals surface area contributed by atoms with Gasteiger partial charge in [0.05, 0.1) is 19.3 Å². The second-order valence-electron chi connectivity index (χ2n) is 7.17. The summed E-state index contributed by atoms with van der Waals surface area (Å²) >= 11 is 0. The van der Waals surface area contributed by atoms with Crippen LogP contribution in [0, 0.1) is 0 Å². The molecule has 1 amide bonds. The summed E-state index contributed by atoms with van der Waals surface area (Å²) in [5.41, 5.74) is 0.630. The van der Waals surface area contributed by atoms with Gasteiger partial charge >= 0.3 is 6.09 Å². The van der Waals surface area contributed by atoms with Gasteiger partial charge in [-0.1, -0.05) is 25.5 Å². The maximum absolute atomic E-state index is 12.0. The molecule has 0 bridgehead atoms. The van der Waals surface area contributed by atoms with Crippen LogP contribution in [0.15, 0.2) is 24.3 Å². The molecule has 5 heteroatoms. The molecule has 1 heterocycles. The van der Waals surface area contributed by atoms with Crippen LogP contribution in [0.3, 0.4) is 0 Å². The Bertz CT molecular complexity index is 517. The minimum absolute atomic E-state index is 0.0676. The number of carbonyl (C=O) groups excluding carboxylic acids is 1. The van der Waals surface area contributed by atoms with E-state index in [1.165, 1.54) is 0 Å². The van der Waals surface area contributed by atoms with Crippen LogP contribution in [0.25, 0.3) is 0 Å². The van der Waals surface area contributed by atoms with Crippen LogP contribution in [0.4, 0.5) is 4.79 Å². The van der Waals surface area contributed by atoms with Gasteiger partial charge in [-0.25, -0.2) is 4.79 Å². The third kappa shape index (κ3) is 6.79. The van der Waals surface area contributed by atoms with E-state index >= 15 is 0 Å². The molecule has 24 heavy (non-hydrogen) atoms. The lowest BCUT2D eigenvalue weighted by atomic mass is 10.0. The molecule has 1 aliphatic rings. The summed E-state index contributed by atoms with van der Waals surface area (Å²) in [5.74, 6) is 0.881. The van der Waals surface area contributed by atoms with Gasteiger partial charge in [-0.2, -0.15) is 0 Å². The zero-order valence-corrected chi connectivity index (χ0v) is 15.1. The Kier molecular flexibility index (Phi) is 6.49. The van der Waals surface area contributed by atoms with Crippen molar-refractivity contribution in [2.45, 2.75) is 64.7 Å². The number of benzene rings is 1. The highest BCUT2D eigenvalue weighted by Gasteiger charge is 2.34. The highest BCUT2D eigenvalue weighted by molar-refractivity contribution is 5.68. The van der Waals surface area contributed by atoms with Crippen LogP contribution in [0.1, 0.15) is 46.1 Å². The Morgan fingerprint density at radius 2 is 2.00 bits per heavy atom. The van der Waals surface area contributed by atoms with Crippen molar-refractivity contribution >= 4 is 6.09 Å². The maximum Gasteiger partial charge on any atom is 0.407 e. The van der Waals surface area contributed by atoms with Crippen LogP contribution >= 0.6 is 0 Å². The molecule has 1 saturated heterocycles. The van der Waals surface area contributed by atoms with Gasteiger partial charge in [0.25, 0.3) is 0 Å². The molecule has 0 unspecified atom stereocenters. The molecule has 134 valence electrons. The molecule has 1 N–H and O–H groups in total. The van der Waals surface area contributed by atoms with Gasteiger partial charge in [-0.3, -0.25) is 0 Å². The van der Waals surface area contributed by atoms with Crippen molar-refractivity contribution < 1.29 is 19.0 Å². The lowest BCUT2D eigenvalue weighted by Crippen LogP contribution is -2.43. The van der Waals surface area contributed by atoms with Gasteiger partial charge in [0.15, 0.2) is 0 Å². The van der Waals surface area contributed by atoms with E-state index in [1.54, 1.807) is 0 Å². The van der Waals surface area contributed by atoms with Crippen LogP contribution in [-0.2, 0) is 15.9 Å². The first kappa shape index (κ1) is 18.6. The van der Waals surface area contributed by atoms with Crippen LogP contribution < -0.4 is 10.1 Å². The summed E-state index contributed by atoms with van der Waals surface area (Å²) in [4.78, 5) is 12.0. The lowest BCUT2D eigenvalue weighted by Gasteiger charge is -2.23. The number of amides is 1. The number of epoxide rings is 1. The Labute approximate surface area is 144 Å². The van der Waals surface area contributed by atoms with Crippen molar-refractivity contribution in [1.29, 1.82) is 0 Å². The third-order valence-electron chi connectivity index (χ3n) is 3.66. The Morgan fingerprint density at radius 1 is 1.33 bits per heavy atom. The van der Waals surface area contributed by atoms with Crippen molar-refractivity contribution in [3.05, 3.63) is 29.8 Å². The standard InChI is InChI=1S/C19H29NO4/c1-5-6-11-22-15-9-7-14(8-10-15)12-16(17-13-23-17)20-18(21)24-19(2,3)4/h7-10,16-17H,5-6,11-13H2,1-4H3,(H,20,21)/t16-,17+/m0/s1. The molecule has 1 aromatic rings. The maximum atomic E-state index is 12.0. The smallest absolute Gasteiger partial charge is 0.407 e. The van der Waals surface area contributed by atoms with Crippen LogP contribution in [0.2, 0.25) is 0 Å². The van der Waals surface area contributed by atoms with Crippen LogP contribution in [0.5, 0.6) is 5.75 Å². The first-order valence-electron chi connectivity index (χ1n) is 8.70. The zero-order valence-electron chi connectivity index (χ0n) is 15.1. The third-order valence-corrected chi connectivity index (χ3v) is 3.66. The van der Waals surface area contributed by atoms with Crippen molar-refractivity contribution in [3.63, 3.8) is 0 Å². The molecule has 1 aromatic carbocycles. The second-order valence-corrected chi connectivity index (χ2v) is 7.17. The number of ether oxygens (including phenoxy) is 3. The predicted molar refractivity (Wildman–Crippen MR) is 93.4 cm³/mol. The molecule has 0 aliphatic carbocycles. The molecule has 1 aliphatic heterocycles. The fourth-order valence-electron chi connectivity index (χ4n) is 2.33. The van der Waals surface area contributed by atoms with Gasteiger partial charge < -0.3 is 19.5 Å².